The molecule has 2 aromatic heterocycles. The summed E-state index contributed by atoms with van der Waals surface area (Å²) in [5.74, 6) is -0.394. The lowest BCUT2D eigenvalue weighted by Crippen LogP contribution is -2.44. The Hall–Kier alpha value is -2.76. The van der Waals surface area contributed by atoms with Crippen LogP contribution in [0.25, 0.3) is 0 Å². The van der Waals surface area contributed by atoms with E-state index in [-0.39, 0.29) is 23.8 Å². The number of rotatable bonds is 5. The van der Waals surface area contributed by atoms with E-state index in [1.54, 1.807) is 42.9 Å². The fourth-order valence-corrected chi connectivity index (χ4v) is 3.10. The van der Waals surface area contributed by atoms with Crippen molar-refractivity contribution in [3.63, 3.8) is 0 Å². The highest BCUT2D eigenvalue weighted by Crippen LogP contribution is 2.25. The number of nitrogens with zero attached hydrogens (tertiary/aromatic N) is 2. The molecule has 1 fully saturated rings. The summed E-state index contributed by atoms with van der Waals surface area (Å²) < 4.78 is 5.44. The third-order valence-electron chi connectivity index (χ3n) is 4.48. The van der Waals surface area contributed by atoms with Gasteiger partial charge in [0.05, 0.1) is 17.7 Å². The molecule has 2 atom stereocenters. The summed E-state index contributed by atoms with van der Waals surface area (Å²) in [5.41, 5.74) is 0.980. The molecule has 0 unspecified atom stereocenters. The largest absolute Gasteiger partial charge is 0.462 e. The number of ether oxygens (including phenoxy) is 1. The van der Waals surface area contributed by atoms with Crippen molar-refractivity contribution in [3.05, 3.63) is 60.2 Å². The van der Waals surface area contributed by atoms with E-state index < -0.39 is 0 Å². The van der Waals surface area contributed by atoms with Gasteiger partial charge < -0.3 is 10.1 Å². The van der Waals surface area contributed by atoms with Crippen molar-refractivity contribution < 1.29 is 14.3 Å². The highest BCUT2D eigenvalue weighted by Gasteiger charge is 2.28. The third kappa shape index (κ3) is 4.62. The monoisotopic (exact) mass is 339 g/mol. The van der Waals surface area contributed by atoms with Crippen LogP contribution in [0.4, 0.5) is 0 Å². The lowest BCUT2D eigenvalue weighted by molar-refractivity contribution is 0.0372. The zero-order valence-electron chi connectivity index (χ0n) is 13.9. The van der Waals surface area contributed by atoms with Crippen LogP contribution in [-0.2, 0) is 4.74 Å². The second kappa shape index (κ2) is 8.37. The number of hydrogen-bond donors (Lipinski definition) is 1. The van der Waals surface area contributed by atoms with Gasteiger partial charge in [-0.2, -0.15) is 0 Å². The summed E-state index contributed by atoms with van der Waals surface area (Å²) in [6.07, 6.45) is 10.2. The summed E-state index contributed by atoms with van der Waals surface area (Å²) in [4.78, 5) is 32.3. The molecule has 0 aliphatic heterocycles. The molecule has 6 heteroatoms. The van der Waals surface area contributed by atoms with Crippen molar-refractivity contribution in [1.29, 1.82) is 0 Å². The minimum Gasteiger partial charge on any atom is -0.462 e. The van der Waals surface area contributed by atoms with Crippen LogP contribution in [0.5, 0.6) is 0 Å². The third-order valence-corrected chi connectivity index (χ3v) is 4.48. The van der Waals surface area contributed by atoms with Crippen LogP contribution in [-0.4, -0.2) is 34.5 Å². The number of pyridine rings is 2. The molecule has 2 aromatic rings. The molecule has 2 heterocycles. The normalized spacial score (nSPS) is 19.8. The highest BCUT2D eigenvalue weighted by atomic mass is 16.5. The van der Waals surface area contributed by atoms with Gasteiger partial charge in [0.2, 0.25) is 0 Å². The second-order valence-corrected chi connectivity index (χ2v) is 6.21. The number of carbonyl (C=O) groups is 2. The first kappa shape index (κ1) is 17.1. The Morgan fingerprint density at radius 3 is 2.40 bits per heavy atom. The van der Waals surface area contributed by atoms with Gasteiger partial charge in [-0.15, -0.1) is 0 Å². The van der Waals surface area contributed by atoms with Crippen molar-refractivity contribution in [2.24, 2.45) is 5.92 Å². The average Bonchev–Trinajstić information content (AvgIpc) is 2.68. The molecule has 0 spiro atoms. The average molecular weight is 339 g/mol. The fourth-order valence-electron chi connectivity index (χ4n) is 3.10. The molecule has 0 aromatic carbocycles. The molecule has 1 aliphatic rings. The van der Waals surface area contributed by atoms with Gasteiger partial charge in [0, 0.05) is 36.7 Å². The summed E-state index contributed by atoms with van der Waals surface area (Å²) in [5, 5.41) is 3.07. The number of esters is 1. The van der Waals surface area contributed by atoms with Gasteiger partial charge in [0.15, 0.2) is 0 Å². The molecule has 25 heavy (non-hydrogen) atoms. The minimum absolute atomic E-state index is 0.00292. The van der Waals surface area contributed by atoms with E-state index in [0.29, 0.717) is 17.7 Å². The molecule has 3 rings (SSSR count). The molecule has 0 saturated heterocycles. The number of carbonyl (C=O) groups excluding carboxylic acids is 2. The Bertz CT molecular complexity index is 706. The molecular weight excluding hydrogens is 318 g/mol. The summed E-state index contributed by atoms with van der Waals surface area (Å²) in [6.45, 7) is 0.297. The smallest absolute Gasteiger partial charge is 0.339 e. The highest BCUT2D eigenvalue weighted by molar-refractivity contribution is 5.94. The van der Waals surface area contributed by atoms with E-state index in [2.05, 4.69) is 15.3 Å². The quantitative estimate of drug-likeness (QED) is 0.847. The summed E-state index contributed by atoms with van der Waals surface area (Å²) in [6, 6.07) is 6.86. The number of nitrogens with one attached hydrogen (secondary N) is 1. The first-order chi connectivity index (χ1) is 12.2. The van der Waals surface area contributed by atoms with Gasteiger partial charge in [0.1, 0.15) is 0 Å². The van der Waals surface area contributed by atoms with Gasteiger partial charge >= 0.3 is 5.97 Å². The zero-order valence-corrected chi connectivity index (χ0v) is 13.9. The SMILES string of the molecule is O=C(N[C@H]1CCCC[C@H]1COC(=O)c1cccnc1)c1cccnc1. The fraction of sp³-hybridized carbons (Fsp3) is 0.368. The molecular formula is C19H21N3O3. The van der Waals surface area contributed by atoms with Gasteiger partial charge in [-0.25, -0.2) is 4.79 Å². The Labute approximate surface area is 146 Å². The zero-order chi connectivity index (χ0) is 17.5. The van der Waals surface area contributed by atoms with E-state index in [9.17, 15) is 9.59 Å². The maximum atomic E-state index is 12.4. The number of aromatic nitrogens is 2. The maximum absolute atomic E-state index is 12.4. The number of hydrogen-bond acceptors (Lipinski definition) is 5. The predicted molar refractivity (Wildman–Crippen MR) is 92.0 cm³/mol. The Morgan fingerprint density at radius 1 is 1.04 bits per heavy atom. The molecule has 1 N–H and O–H groups in total. The van der Waals surface area contributed by atoms with E-state index >= 15 is 0 Å². The van der Waals surface area contributed by atoms with Crippen molar-refractivity contribution >= 4 is 11.9 Å². The van der Waals surface area contributed by atoms with Gasteiger partial charge in [-0.1, -0.05) is 12.8 Å². The Morgan fingerprint density at radius 2 is 1.72 bits per heavy atom. The van der Waals surface area contributed by atoms with Gasteiger partial charge in [-0.3, -0.25) is 14.8 Å². The molecule has 130 valence electrons. The maximum Gasteiger partial charge on any atom is 0.339 e. The van der Waals surface area contributed by atoms with Gasteiger partial charge in [0.25, 0.3) is 5.91 Å². The van der Waals surface area contributed by atoms with E-state index in [0.717, 1.165) is 25.7 Å². The topological polar surface area (TPSA) is 81.2 Å². The summed E-state index contributed by atoms with van der Waals surface area (Å²) in [7, 11) is 0. The van der Waals surface area contributed by atoms with Crippen molar-refractivity contribution in [2.45, 2.75) is 31.7 Å². The lowest BCUT2D eigenvalue weighted by Gasteiger charge is -2.31. The molecule has 0 radical (unpaired) electrons. The second-order valence-electron chi connectivity index (χ2n) is 6.21. The predicted octanol–water partition coefficient (Wildman–Crippen LogP) is 2.62. The van der Waals surface area contributed by atoms with Crippen LogP contribution in [0, 0.1) is 5.92 Å². The molecule has 1 aliphatic carbocycles. The van der Waals surface area contributed by atoms with Crippen LogP contribution in [0.1, 0.15) is 46.4 Å². The van der Waals surface area contributed by atoms with Crippen molar-refractivity contribution in [2.75, 3.05) is 6.61 Å². The van der Waals surface area contributed by atoms with Crippen LogP contribution < -0.4 is 5.32 Å². The van der Waals surface area contributed by atoms with Crippen molar-refractivity contribution in [3.8, 4) is 0 Å². The van der Waals surface area contributed by atoms with Crippen LogP contribution in [0.2, 0.25) is 0 Å². The van der Waals surface area contributed by atoms with E-state index in [1.807, 2.05) is 0 Å². The Kier molecular flexibility index (Phi) is 5.72. The standard InChI is InChI=1S/C19H21N3O3/c23-18(14-6-3-9-20-11-14)22-17-8-2-1-5-16(17)13-25-19(24)15-7-4-10-21-12-15/h3-4,6-7,9-12,16-17H,1-2,5,8,13H2,(H,22,23)/t16-,17-/m0/s1. The summed E-state index contributed by atoms with van der Waals surface area (Å²) >= 11 is 0. The lowest BCUT2D eigenvalue weighted by atomic mass is 9.85. The van der Waals surface area contributed by atoms with E-state index in [1.165, 1.54) is 6.20 Å². The van der Waals surface area contributed by atoms with Crippen molar-refractivity contribution in [1.82, 2.24) is 15.3 Å². The molecule has 0 bridgehead atoms. The molecule has 6 nitrogen and oxygen atoms in total. The minimum atomic E-state index is -0.379. The Balaban J connectivity index is 1.57. The van der Waals surface area contributed by atoms with Crippen LogP contribution >= 0.6 is 0 Å². The first-order valence-corrected chi connectivity index (χ1v) is 8.52. The molecule has 1 amide bonds. The van der Waals surface area contributed by atoms with E-state index in [4.69, 9.17) is 4.74 Å². The number of amides is 1. The van der Waals surface area contributed by atoms with Gasteiger partial charge in [-0.05, 0) is 37.1 Å². The van der Waals surface area contributed by atoms with Crippen LogP contribution in [0.3, 0.4) is 0 Å². The molecule has 1 saturated carbocycles. The first-order valence-electron chi connectivity index (χ1n) is 8.52. The van der Waals surface area contributed by atoms with Crippen LogP contribution in [0.15, 0.2) is 49.1 Å².